The molecule has 0 saturated heterocycles. The second-order valence-corrected chi connectivity index (χ2v) is 6.42. The van der Waals surface area contributed by atoms with Crippen LogP contribution in [0.2, 0.25) is 5.02 Å². The minimum atomic E-state index is -2.84. The molecule has 0 fully saturated rings. The summed E-state index contributed by atoms with van der Waals surface area (Å²) in [5.41, 5.74) is 1.03. The molecule has 0 amide bonds. The highest BCUT2D eigenvalue weighted by molar-refractivity contribution is 7.90. The lowest BCUT2D eigenvalue weighted by Crippen LogP contribution is -2.18. The number of sulfone groups is 1. The van der Waals surface area contributed by atoms with Gasteiger partial charge in [-0.05, 0) is 24.6 Å². The maximum atomic E-state index is 10.9. The third-order valence-electron chi connectivity index (χ3n) is 2.14. The van der Waals surface area contributed by atoms with E-state index in [9.17, 15) is 8.42 Å². The van der Waals surface area contributed by atoms with Gasteiger partial charge in [0.05, 0.1) is 5.75 Å². The summed E-state index contributed by atoms with van der Waals surface area (Å²) in [5, 5.41) is 3.90. The third-order valence-corrected chi connectivity index (χ3v) is 3.54. The molecule has 0 atom stereocenters. The number of hydrogen-bond donors (Lipinski definition) is 1. The smallest absolute Gasteiger partial charge is 0.147 e. The molecule has 0 saturated carbocycles. The summed E-state index contributed by atoms with van der Waals surface area (Å²) < 4.78 is 21.7. The van der Waals surface area contributed by atoms with E-state index in [0.29, 0.717) is 19.5 Å². The maximum Gasteiger partial charge on any atom is 0.147 e. The molecule has 16 heavy (non-hydrogen) atoms. The van der Waals surface area contributed by atoms with E-state index in [4.69, 9.17) is 11.6 Å². The Kier molecular flexibility index (Phi) is 5.25. The van der Waals surface area contributed by atoms with Crippen molar-refractivity contribution in [2.24, 2.45) is 0 Å². The molecule has 90 valence electrons. The van der Waals surface area contributed by atoms with E-state index in [-0.39, 0.29) is 5.75 Å². The van der Waals surface area contributed by atoms with Gasteiger partial charge in [-0.15, -0.1) is 0 Å². The second-order valence-electron chi connectivity index (χ2n) is 3.75. The maximum absolute atomic E-state index is 10.9. The van der Waals surface area contributed by atoms with Crippen molar-refractivity contribution < 1.29 is 8.42 Å². The average Bonchev–Trinajstić information content (AvgIpc) is 2.18. The molecule has 5 heteroatoms. The molecule has 0 heterocycles. The lowest BCUT2D eigenvalue weighted by atomic mass is 10.2. The molecular weight excluding hydrogens is 246 g/mol. The van der Waals surface area contributed by atoms with Crippen LogP contribution in [0.15, 0.2) is 24.3 Å². The molecule has 0 bridgehead atoms. The minimum absolute atomic E-state index is 0.225. The van der Waals surface area contributed by atoms with Gasteiger partial charge in [-0.3, -0.25) is 0 Å². The van der Waals surface area contributed by atoms with Crippen LogP contribution < -0.4 is 5.32 Å². The molecule has 0 aromatic heterocycles. The van der Waals surface area contributed by atoms with Crippen molar-refractivity contribution >= 4 is 21.4 Å². The first-order valence-electron chi connectivity index (χ1n) is 5.11. The zero-order valence-electron chi connectivity index (χ0n) is 9.24. The molecule has 0 unspecified atom stereocenters. The molecule has 3 nitrogen and oxygen atoms in total. The van der Waals surface area contributed by atoms with Crippen molar-refractivity contribution in [2.75, 3.05) is 18.6 Å². The van der Waals surface area contributed by atoms with Crippen molar-refractivity contribution in [3.8, 4) is 0 Å². The average molecular weight is 262 g/mol. The number of nitrogens with one attached hydrogen (secondary N) is 1. The first kappa shape index (κ1) is 13.5. The Balaban J connectivity index is 2.24. The van der Waals surface area contributed by atoms with Crippen molar-refractivity contribution in [1.82, 2.24) is 5.32 Å². The Bertz CT molecular complexity index is 431. The van der Waals surface area contributed by atoms with Crippen LogP contribution in [0.1, 0.15) is 12.0 Å². The minimum Gasteiger partial charge on any atom is -0.313 e. The van der Waals surface area contributed by atoms with Gasteiger partial charge in [0, 0.05) is 17.8 Å². The summed E-state index contributed by atoms with van der Waals surface area (Å²) >= 11 is 5.97. The van der Waals surface area contributed by atoms with Gasteiger partial charge in [-0.1, -0.05) is 29.8 Å². The summed E-state index contributed by atoms with van der Waals surface area (Å²) in [6.45, 7) is 1.35. The fourth-order valence-electron chi connectivity index (χ4n) is 1.32. The van der Waals surface area contributed by atoms with Crippen LogP contribution in [0, 0.1) is 0 Å². The summed E-state index contributed by atoms with van der Waals surface area (Å²) in [4.78, 5) is 0. The normalized spacial score (nSPS) is 11.6. The van der Waals surface area contributed by atoms with Crippen molar-refractivity contribution in [2.45, 2.75) is 13.0 Å². The van der Waals surface area contributed by atoms with Gasteiger partial charge >= 0.3 is 0 Å². The number of benzene rings is 1. The van der Waals surface area contributed by atoms with Crippen molar-refractivity contribution in [3.05, 3.63) is 34.9 Å². The quantitative estimate of drug-likeness (QED) is 0.796. The SMILES string of the molecule is CS(=O)(=O)CCCNCc1ccccc1Cl. The third kappa shape index (κ3) is 5.49. The van der Waals surface area contributed by atoms with Gasteiger partial charge in [0.2, 0.25) is 0 Å². The van der Waals surface area contributed by atoms with Crippen LogP contribution in [0.3, 0.4) is 0 Å². The molecular formula is C11H16ClNO2S. The molecule has 0 aliphatic rings. The molecule has 1 rings (SSSR count). The van der Waals surface area contributed by atoms with Gasteiger partial charge < -0.3 is 5.32 Å². The molecule has 0 aliphatic heterocycles. The monoisotopic (exact) mass is 261 g/mol. The zero-order valence-corrected chi connectivity index (χ0v) is 10.8. The van der Waals surface area contributed by atoms with Gasteiger partial charge in [0.1, 0.15) is 9.84 Å². The Morgan fingerprint density at radius 2 is 2.00 bits per heavy atom. The van der Waals surface area contributed by atoms with Crippen LogP contribution in [0.25, 0.3) is 0 Å². The zero-order chi connectivity index (χ0) is 12.0. The van der Waals surface area contributed by atoms with Gasteiger partial charge in [0.15, 0.2) is 0 Å². The van der Waals surface area contributed by atoms with E-state index in [1.54, 1.807) is 0 Å². The largest absolute Gasteiger partial charge is 0.313 e. The summed E-state index contributed by atoms with van der Waals surface area (Å²) in [7, 11) is -2.84. The summed E-state index contributed by atoms with van der Waals surface area (Å²) in [5.74, 6) is 0.225. The first-order chi connectivity index (χ1) is 7.49. The van der Waals surface area contributed by atoms with Crippen LogP contribution in [-0.4, -0.2) is 27.0 Å². The molecule has 0 spiro atoms. The van der Waals surface area contributed by atoms with E-state index in [1.165, 1.54) is 6.26 Å². The predicted molar refractivity (Wildman–Crippen MR) is 67.5 cm³/mol. The Hall–Kier alpha value is -0.580. The standard InChI is InChI=1S/C11H16ClNO2S/c1-16(14,15)8-4-7-13-9-10-5-2-3-6-11(10)12/h2-3,5-6,13H,4,7-9H2,1H3. The number of hydrogen-bond acceptors (Lipinski definition) is 3. The van der Waals surface area contributed by atoms with Crippen LogP contribution >= 0.6 is 11.6 Å². The Labute approximate surface area is 102 Å². The summed E-state index contributed by atoms with van der Waals surface area (Å²) in [6.07, 6.45) is 1.88. The number of halogens is 1. The molecule has 0 aliphatic carbocycles. The fraction of sp³-hybridized carbons (Fsp3) is 0.455. The van der Waals surface area contributed by atoms with Gasteiger partial charge in [0.25, 0.3) is 0 Å². The highest BCUT2D eigenvalue weighted by Crippen LogP contribution is 2.14. The molecule has 1 aromatic rings. The Morgan fingerprint density at radius 3 is 2.62 bits per heavy atom. The molecule has 1 N–H and O–H groups in total. The second kappa shape index (κ2) is 6.23. The van der Waals surface area contributed by atoms with Crippen LogP contribution in [0.4, 0.5) is 0 Å². The van der Waals surface area contributed by atoms with E-state index in [1.807, 2.05) is 24.3 Å². The van der Waals surface area contributed by atoms with Crippen LogP contribution in [0.5, 0.6) is 0 Å². The first-order valence-corrected chi connectivity index (χ1v) is 7.55. The van der Waals surface area contributed by atoms with E-state index < -0.39 is 9.84 Å². The van der Waals surface area contributed by atoms with E-state index in [0.717, 1.165) is 10.6 Å². The lowest BCUT2D eigenvalue weighted by Gasteiger charge is -2.05. The predicted octanol–water partition coefficient (Wildman–Crippen LogP) is 1.86. The summed E-state index contributed by atoms with van der Waals surface area (Å²) in [6, 6.07) is 7.61. The number of rotatable bonds is 6. The van der Waals surface area contributed by atoms with E-state index >= 15 is 0 Å². The van der Waals surface area contributed by atoms with Gasteiger partial charge in [-0.2, -0.15) is 0 Å². The molecule has 0 radical (unpaired) electrons. The Morgan fingerprint density at radius 1 is 1.31 bits per heavy atom. The van der Waals surface area contributed by atoms with E-state index in [2.05, 4.69) is 5.32 Å². The van der Waals surface area contributed by atoms with Crippen LogP contribution in [-0.2, 0) is 16.4 Å². The van der Waals surface area contributed by atoms with Gasteiger partial charge in [-0.25, -0.2) is 8.42 Å². The molecule has 1 aromatic carbocycles. The van der Waals surface area contributed by atoms with Crippen molar-refractivity contribution in [3.63, 3.8) is 0 Å². The highest BCUT2D eigenvalue weighted by atomic mass is 35.5. The lowest BCUT2D eigenvalue weighted by molar-refractivity contribution is 0.594. The van der Waals surface area contributed by atoms with Crippen molar-refractivity contribution in [1.29, 1.82) is 0 Å². The fourth-order valence-corrected chi connectivity index (χ4v) is 2.20. The highest BCUT2D eigenvalue weighted by Gasteiger charge is 2.01. The topological polar surface area (TPSA) is 46.2 Å².